The Balaban J connectivity index is 2.43. The lowest BCUT2D eigenvalue weighted by Gasteiger charge is -2.26. The summed E-state index contributed by atoms with van der Waals surface area (Å²) in [6.07, 6.45) is -1.84. The van der Waals surface area contributed by atoms with Gasteiger partial charge in [0.05, 0.1) is 12.0 Å². The van der Waals surface area contributed by atoms with Crippen LogP contribution in [0.1, 0.15) is 25.7 Å². The number of alkyl halides is 3. The van der Waals surface area contributed by atoms with E-state index in [0.717, 1.165) is 0 Å². The summed E-state index contributed by atoms with van der Waals surface area (Å²) >= 11 is 0. The van der Waals surface area contributed by atoms with Crippen LogP contribution in [0.4, 0.5) is 13.2 Å². The van der Waals surface area contributed by atoms with Gasteiger partial charge in [0.2, 0.25) is 6.08 Å². The van der Waals surface area contributed by atoms with Gasteiger partial charge in [0, 0.05) is 0 Å². The molecule has 1 saturated carbocycles. The Kier molecular flexibility index (Phi) is 3.09. The van der Waals surface area contributed by atoms with Crippen LogP contribution in [-0.2, 0) is 4.79 Å². The average Bonchev–Trinajstić information content (AvgIpc) is 2.04. The fraction of sp³-hybridized carbons (Fsp3) is 0.875. The molecule has 0 unspecified atom stereocenters. The Labute approximate surface area is 73.8 Å². The highest BCUT2D eigenvalue weighted by atomic mass is 19.4. The van der Waals surface area contributed by atoms with Crippen LogP contribution in [0.15, 0.2) is 4.99 Å². The average molecular weight is 193 g/mol. The molecule has 0 aliphatic heterocycles. The smallest absolute Gasteiger partial charge is 0.211 e. The van der Waals surface area contributed by atoms with E-state index in [1.54, 1.807) is 0 Å². The second-order valence-corrected chi connectivity index (χ2v) is 3.27. The summed E-state index contributed by atoms with van der Waals surface area (Å²) in [5.41, 5.74) is 0. The zero-order valence-corrected chi connectivity index (χ0v) is 6.97. The van der Waals surface area contributed by atoms with Gasteiger partial charge in [0.25, 0.3) is 0 Å². The molecule has 0 heterocycles. The van der Waals surface area contributed by atoms with Gasteiger partial charge in [0.1, 0.15) is 0 Å². The van der Waals surface area contributed by atoms with Crippen molar-refractivity contribution in [2.45, 2.75) is 37.9 Å². The van der Waals surface area contributed by atoms with Crippen LogP contribution in [0.5, 0.6) is 0 Å². The number of hydrogen-bond donors (Lipinski definition) is 0. The van der Waals surface area contributed by atoms with Crippen molar-refractivity contribution in [3.8, 4) is 0 Å². The maximum Gasteiger partial charge on any atom is 0.391 e. The minimum atomic E-state index is -4.09. The molecule has 0 aromatic heterocycles. The van der Waals surface area contributed by atoms with E-state index in [1.807, 2.05) is 0 Å². The van der Waals surface area contributed by atoms with Crippen molar-refractivity contribution in [2.75, 3.05) is 0 Å². The first-order valence-corrected chi connectivity index (χ1v) is 4.17. The number of halogens is 3. The van der Waals surface area contributed by atoms with Crippen molar-refractivity contribution in [2.24, 2.45) is 10.9 Å². The molecule has 0 radical (unpaired) electrons. The van der Waals surface area contributed by atoms with Crippen LogP contribution in [0.2, 0.25) is 0 Å². The molecule has 0 N–H and O–H groups in total. The molecule has 13 heavy (non-hydrogen) atoms. The van der Waals surface area contributed by atoms with Gasteiger partial charge >= 0.3 is 6.18 Å². The van der Waals surface area contributed by atoms with Gasteiger partial charge in [-0.25, -0.2) is 9.79 Å². The SMILES string of the molecule is O=C=NC1CCC(C(F)(F)F)CC1. The molecule has 0 bridgehead atoms. The van der Waals surface area contributed by atoms with E-state index in [9.17, 15) is 18.0 Å². The van der Waals surface area contributed by atoms with Crippen molar-refractivity contribution in [3.63, 3.8) is 0 Å². The standard InChI is InChI=1S/C8H10F3NO/c9-8(10,11)6-1-3-7(4-2-6)12-5-13/h6-7H,1-4H2. The number of isocyanates is 1. The highest BCUT2D eigenvalue weighted by molar-refractivity contribution is 5.33. The van der Waals surface area contributed by atoms with Gasteiger partial charge in [0.15, 0.2) is 0 Å². The number of hydrogen-bond acceptors (Lipinski definition) is 2. The van der Waals surface area contributed by atoms with Crippen molar-refractivity contribution >= 4 is 6.08 Å². The summed E-state index contributed by atoms with van der Waals surface area (Å²) in [7, 11) is 0. The summed E-state index contributed by atoms with van der Waals surface area (Å²) in [6, 6.07) is -0.240. The maximum atomic E-state index is 12.1. The Hall–Kier alpha value is -0.830. The largest absolute Gasteiger partial charge is 0.391 e. The topological polar surface area (TPSA) is 29.4 Å². The molecule has 0 aromatic carbocycles. The third-order valence-electron chi connectivity index (χ3n) is 2.39. The van der Waals surface area contributed by atoms with E-state index in [2.05, 4.69) is 4.99 Å². The third kappa shape index (κ3) is 2.84. The van der Waals surface area contributed by atoms with E-state index in [1.165, 1.54) is 6.08 Å². The fourth-order valence-corrected chi connectivity index (χ4v) is 1.61. The second-order valence-electron chi connectivity index (χ2n) is 3.27. The molecule has 0 amide bonds. The summed E-state index contributed by atoms with van der Waals surface area (Å²) < 4.78 is 36.4. The molecule has 0 aromatic rings. The minimum absolute atomic E-state index is 0.0827. The molecule has 1 fully saturated rings. The first-order valence-electron chi connectivity index (χ1n) is 4.17. The normalized spacial score (nSPS) is 29.5. The van der Waals surface area contributed by atoms with Gasteiger partial charge in [-0.15, -0.1) is 0 Å². The van der Waals surface area contributed by atoms with Gasteiger partial charge in [-0.3, -0.25) is 0 Å². The molecular formula is C8H10F3NO. The summed E-state index contributed by atoms with van der Waals surface area (Å²) in [5.74, 6) is -1.20. The molecule has 5 heteroatoms. The number of rotatable bonds is 1. The highest BCUT2D eigenvalue weighted by Gasteiger charge is 2.41. The minimum Gasteiger partial charge on any atom is -0.211 e. The quantitative estimate of drug-likeness (QED) is 0.464. The Bertz CT molecular complexity index is 212. The molecule has 74 valence electrons. The Morgan fingerprint density at radius 2 is 1.69 bits per heavy atom. The molecule has 1 rings (SSSR count). The van der Waals surface area contributed by atoms with Gasteiger partial charge in [-0.1, -0.05) is 0 Å². The zero-order valence-electron chi connectivity index (χ0n) is 6.97. The van der Waals surface area contributed by atoms with E-state index < -0.39 is 12.1 Å². The van der Waals surface area contributed by atoms with E-state index in [4.69, 9.17) is 0 Å². The van der Waals surface area contributed by atoms with E-state index >= 15 is 0 Å². The van der Waals surface area contributed by atoms with Crippen LogP contribution in [0.25, 0.3) is 0 Å². The molecule has 0 spiro atoms. The van der Waals surface area contributed by atoms with Crippen molar-refractivity contribution in [1.82, 2.24) is 0 Å². The van der Waals surface area contributed by atoms with Crippen molar-refractivity contribution < 1.29 is 18.0 Å². The maximum absolute atomic E-state index is 12.1. The lowest BCUT2D eigenvalue weighted by atomic mass is 9.86. The Morgan fingerprint density at radius 1 is 1.15 bits per heavy atom. The molecule has 0 atom stereocenters. The third-order valence-corrected chi connectivity index (χ3v) is 2.39. The Morgan fingerprint density at radius 3 is 2.08 bits per heavy atom. The van der Waals surface area contributed by atoms with Crippen molar-refractivity contribution in [1.29, 1.82) is 0 Å². The van der Waals surface area contributed by atoms with Crippen LogP contribution in [0.3, 0.4) is 0 Å². The highest BCUT2D eigenvalue weighted by Crippen LogP contribution is 2.38. The van der Waals surface area contributed by atoms with Crippen LogP contribution >= 0.6 is 0 Å². The number of carbonyl (C=O) groups excluding carboxylic acids is 1. The molecule has 1 aliphatic rings. The van der Waals surface area contributed by atoms with Crippen molar-refractivity contribution in [3.05, 3.63) is 0 Å². The molecular weight excluding hydrogens is 183 g/mol. The zero-order chi connectivity index (χ0) is 9.90. The molecule has 2 nitrogen and oxygen atoms in total. The summed E-state index contributed by atoms with van der Waals surface area (Å²) in [5, 5.41) is 0. The predicted octanol–water partition coefficient (Wildman–Crippen LogP) is 2.44. The first-order chi connectivity index (χ1) is 6.04. The van der Waals surface area contributed by atoms with Crippen LogP contribution in [-0.4, -0.2) is 18.3 Å². The van der Waals surface area contributed by atoms with Gasteiger partial charge < -0.3 is 0 Å². The molecule has 0 saturated heterocycles. The fourth-order valence-electron chi connectivity index (χ4n) is 1.61. The van der Waals surface area contributed by atoms with Crippen LogP contribution < -0.4 is 0 Å². The van der Waals surface area contributed by atoms with Gasteiger partial charge in [-0.2, -0.15) is 13.2 Å². The van der Waals surface area contributed by atoms with E-state index in [-0.39, 0.29) is 18.9 Å². The molecule has 1 aliphatic carbocycles. The number of nitrogens with zero attached hydrogens (tertiary/aromatic N) is 1. The lowest BCUT2D eigenvalue weighted by Crippen LogP contribution is -2.28. The van der Waals surface area contributed by atoms with E-state index in [0.29, 0.717) is 12.8 Å². The lowest BCUT2D eigenvalue weighted by molar-refractivity contribution is -0.182. The second kappa shape index (κ2) is 3.92. The monoisotopic (exact) mass is 193 g/mol. The van der Waals surface area contributed by atoms with Gasteiger partial charge in [-0.05, 0) is 25.7 Å². The first kappa shape index (κ1) is 10.3. The predicted molar refractivity (Wildman–Crippen MR) is 39.9 cm³/mol. The number of aliphatic imine (C=N–C) groups is 1. The van der Waals surface area contributed by atoms with Crippen LogP contribution in [0, 0.1) is 5.92 Å². The summed E-state index contributed by atoms with van der Waals surface area (Å²) in [4.78, 5) is 13.3. The summed E-state index contributed by atoms with van der Waals surface area (Å²) in [6.45, 7) is 0.